The number of nitrogens with one attached hydrogen (secondary N) is 1. The molecule has 0 atom stereocenters. The third-order valence-corrected chi connectivity index (χ3v) is 6.05. The van der Waals surface area contributed by atoms with Crippen molar-refractivity contribution in [2.75, 3.05) is 17.7 Å². The Labute approximate surface area is 190 Å². The van der Waals surface area contributed by atoms with Gasteiger partial charge in [-0.3, -0.25) is 0 Å². The number of carbonyl (C=O) groups is 1. The van der Waals surface area contributed by atoms with Crippen LogP contribution in [0.25, 0.3) is 22.2 Å². The van der Waals surface area contributed by atoms with Crippen molar-refractivity contribution >= 4 is 56.3 Å². The fourth-order valence-electron chi connectivity index (χ4n) is 3.03. The van der Waals surface area contributed by atoms with E-state index in [1.165, 1.54) is 0 Å². The van der Waals surface area contributed by atoms with E-state index in [9.17, 15) is 9.90 Å². The number of aliphatic hydroxyl groups excluding tert-OH is 1. The topological polar surface area (TPSA) is 108 Å². The molecule has 156 valence electrons. The number of aromatic carboxylic acids is 1. The number of halogens is 1. The quantitative estimate of drug-likeness (QED) is 0.307. The number of fused-ring (bicyclic) bond motifs is 1. The van der Waals surface area contributed by atoms with Gasteiger partial charge in [-0.25, -0.2) is 14.8 Å². The van der Waals surface area contributed by atoms with E-state index in [1.54, 1.807) is 24.0 Å². The molecule has 0 fully saturated rings. The van der Waals surface area contributed by atoms with E-state index in [-0.39, 0.29) is 17.9 Å². The molecule has 0 spiro atoms. The largest absolute Gasteiger partial charge is 0.476 e. The maximum atomic E-state index is 11.9. The van der Waals surface area contributed by atoms with Gasteiger partial charge in [0.25, 0.3) is 0 Å². The second-order valence-corrected chi connectivity index (χ2v) is 8.52. The van der Waals surface area contributed by atoms with Gasteiger partial charge in [0.05, 0.1) is 6.61 Å². The van der Waals surface area contributed by atoms with E-state index in [1.807, 2.05) is 48.5 Å². The lowest BCUT2D eigenvalue weighted by molar-refractivity contribution is 0.0692. The molecule has 0 amide bonds. The van der Waals surface area contributed by atoms with Crippen LogP contribution < -0.4 is 5.32 Å². The summed E-state index contributed by atoms with van der Waals surface area (Å²) in [5.74, 6) is -0.207. The van der Waals surface area contributed by atoms with Crippen molar-refractivity contribution in [1.82, 2.24) is 15.0 Å². The van der Waals surface area contributed by atoms with Crippen LogP contribution in [0.3, 0.4) is 0 Å². The molecule has 0 aliphatic rings. The average Bonchev–Trinajstić information content (AvgIpc) is 2.77. The first-order valence-electron chi connectivity index (χ1n) is 9.32. The average molecular weight is 497 g/mol. The highest BCUT2D eigenvalue weighted by Gasteiger charge is 2.18. The van der Waals surface area contributed by atoms with E-state index >= 15 is 0 Å². The minimum absolute atomic E-state index is 0.0774. The zero-order chi connectivity index (χ0) is 21.8. The summed E-state index contributed by atoms with van der Waals surface area (Å²) in [7, 11) is 0. The minimum atomic E-state index is -1.13. The molecule has 4 aromatic rings. The van der Waals surface area contributed by atoms with Crippen LogP contribution in [-0.2, 0) is 0 Å². The second-order valence-electron chi connectivity index (χ2n) is 6.50. The van der Waals surface area contributed by atoms with Crippen molar-refractivity contribution in [1.29, 1.82) is 0 Å². The number of carboxylic acids is 1. The van der Waals surface area contributed by atoms with Gasteiger partial charge < -0.3 is 15.5 Å². The third kappa shape index (κ3) is 4.84. The fraction of sp³-hybridized carbons (Fsp3) is 0.0909. The molecule has 2 heterocycles. The SMILES string of the molecule is O=C(O)c1nc2nc(Nc3cccc(SCCO)c3)ncc2cc1-c1ccccc1Br. The highest BCUT2D eigenvalue weighted by Crippen LogP contribution is 2.32. The molecule has 7 nitrogen and oxygen atoms in total. The molecule has 0 radical (unpaired) electrons. The van der Waals surface area contributed by atoms with Gasteiger partial charge in [-0.15, -0.1) is 11.8 Å². The van der Waals surface area contributed by atoms with Gasteiger partial charge in [-0.05, 0) is 35.9 Å². The summed E-state index contributed by atoms with van der Waals surface area (Å²) in [4.78, 5) is 26.0. The normalized spacial score (nSPS) is 10.9. The standard InChI is InChI=1S/C22H17BrN4O3S/c23-18-7-2-1-6-16(18)17-10-13-12-24-22(27-20(13)26-19(17)21(29)30)25-14-4-3-5-15(11-14)31-9-8-28/h1-7,10-12,28H,8-9H2,(H,29,30)(H,24,25,26,27). The number of nitrogens with zero attached hydrogens (tertiary/aromatic N) is 3. The number of hydrogen-bond donors (Lipinski definition) is 3. The van der Waals surface area contributed by atoms with Gasteiger partial charge in [0, 0.05) is 38.0 Å². The lowest BCUT2D eigenvalue weighted by Gasteiger charge is -2.11. The predicted octanol–water partition coefficient (Wildman–Crippen LogP) is 4.98. The molecule has 0 aliphatic carbocycles. The van der Waals surface area contributed by atoms with Crippen LogP contribution in [0, 0.1) is 0 Å². The number of benzene rings is 2. The number of aromatic nitrogens is 3. The van der Waals surface area contributed by atoms with Gasteiger partial charge in [-0.1, -0.05) is 40.2 Å². The third-order valence-electron chi connectivity index (χ3n) is 4.39. The van der Waals surface area contributed by atoms with Crippen LogP contribution in [0.4, 0.5) is 11.6 Å². The Morgan fingerprint density at radius 1 is 1.06 bits per heavy atom. The van der Waals surface area contributed by atoms with Gasteiger partial charge in [0.2, 0.25) is 5.95 Å². The summed E-state index contributed by atoms with van der Waals surface area (Å²) in [6, 6.07) is 16.8. The molecule has 3 N–H and O–H groups in total. The molecule has 9 heteroatoms. The number of rotatable bonds is 7. The van der Waals surface area contributed by atoms with Crippen molar-refractivity contribution in [2.24, 2.45) is 0 Å². The van der Waals surface area contributed by atoms with E-state index in [0.29, 0.717) is 22.7 Å². The molecule has 0 saturated carbocycles. The van der Waals surface area contributed by atoms with Crippen LogP contribution >= 0.6 is 27.7 Å². The maximum Gasteiger partial charge on any atom is 0.355 e. The van der Waals surface area contributed by atoms with Crippen LogP contribution in [0.1, 0.15) is 10.5 Å². The van der Waals surface area contributed by atoms with Gasteiger partial charge in [-0.2, -0.15) is 4.98 Å². The smallest absolute Gasteiger partial charge is 0.355 e. The van der Waals surface area contributed by atoms with Crippen LogP contribution in [-0.4, -0.2) is 43.5 Å². The number of carboxylic acid groups (broad SMARTS) is 1. The van der Waals surface area contributed by atoms with Crippen LogP contribution in [0.15, 0.2) is 70.2 Å². The number of anilines is 2. The second kappa shape index (κ2) is 9.42. The molecule has 0 saturated heterocycles. The molecule has 4 rings (SSSR count). The monoisotopic (exact) mass is 496 g/mol. The Balaban J connectivity index is 1.71. The molecule has 0 aliphatic heterocycles. The highest BCUT2D eigenvalue weighted by molar-refractivity contribution is 9.10. The van der Waals surface area contributed by atoms with E-state index in [4.69, 9.17) is 5.11 Å². The van der Waals surface area contributed by atoms with Crippen molar-refractivity contribution in [3.05, 3.63) is 71.0 Å². The predicted molar refractivity (Wildman–Crippen MR) is 125 cm³/mol. The zero-order valence-corrected chi connectivity index (χ0v) is 18.5. The number of aliphatic hydroxyl groups is 1. The van der Waals surface area contributed by atoms with Crippen molar-refractivity contribution in [2.45, 2.75) is 4.90 Å². The summed E-state index contributed by atoms with van der Waals surface area (Å²) in [5.41, 5.74) is 2.22. The van der Waals surface area contributed by atoms with Crippen molar-refractivity contribution in [3.8, 4) is 11.1 Å². The van der Waals surface area contributed by atoms with E-state index in [2.05, 4.69) is 36.2 Å². The summed E-state index contributed by atoms with van der Waals surface area (Å²) < 4.78 is 0.775. The Morgan fingerprint density at radius 2 is 1.90 bits per heavy atom. The lowest BCUT2D eigenvalue weighted by Crippen LogP contribution is -2.06. The summed E-state index contributed by atoms with van der Waals surface area (Å²) in [6.45, 7) is 0.106. The molecule has 2 aromatic heterocycles. The summed E-state index contributed by atoms with van der Waals surface area (Å²) in [5, 5.41) is 22.5. The van der Waals surface area contributed by atoms with E-state index < -0.39 is 5.97 Å². The first-order valence-corrected chi connectivity index (χ1v) is 11.1. The fourth-order valence-corrected chi connectivity index (χ4v) is 4.24. The highest BCUT2D eigenvalue weighted by atomic mass is 79.9. The van der Waals surface area contributed by atoms with Crippen LogP contribution in [0.5, 0.6) is 0 Å². The molecular formula is C22H17BrN4O3S. The zero-order valence-electron chi connectivity index (χ0n) is 16.1. The first kappa shape index (κ1) is 21.2. The van der Waals surface area contributed by atoms with Gasteiger partial charge in [0.15, 0.2) is 11.3 Å². The van der Waals surface area contributed by atoms with Crippen molar-refractivity contribution in [3.63, 3.8) is 0 Å². The number of pyridine rings is 1. The van der Waals surface area contributed by atoms with Crippen LogP contribution in [0.2, 0.25) is 0 Å². The minimum Gasteiger partial charge on any atom is -0.476 e. The molecule has 0 bridgehead atoms. The molecule has 0 unspecified atom stereocenters. The molecule has 31 heavy (non-hydrogen) atoms. The Morgan fingerprint density at radius 3 is 2.68 bits per heavy atom. The first-order chi connectivity index (χ1) is 15.0. The summed E-state index contributed by atoms with van der Waals surface area (Å²) >= 11 is 5.01. The van der Waals surface area contributed by atoms with Gasteiger partial charge >= 0.3 is 5.97 Å². The van der Waals surface area contributed by atoms with Crippen molar-refractivity contribution < 1.29 is 15.0 Å². The molecule has 2 aromatic carbocycles. The van der Waals surface area contributed by atoms with E-state index in [0.717, 1.165) is 20.6 Å². The summed E-state index contributed by atoms with van der Waals surface area (Å²) in [6.07, 6.45) is 1.62. The Kier molecular flexibility index (Phi) is 6.45. The Bertz CT molecular complexity index is 1270. The maximum absolute atomic E-state index is 11.9. The lowest BCUT2D eigenvalue weighted by atomic mass is 10.0. The Hall–Kier alpha value is -3.01. The number of thioether (sulfide) groups is 1. The van der Waals surface area contributed by atoms with Gasteiger partial charge in [0.1, 0.15) is 0 Å². The number of hydrogen-bond acceptors (Lipinski definition) is 7. The molecular weight excluding hydrogens is 480 g/mol.